The molecule has 0 spiro atoms. The van der Waals surface area contributed by atoms with Gasteiger partial charge in [0.05, 0.1) is 12.3 Å². The van der Waals surface area contributed by atoms with Crippen molar-refractivity contribution in [3.8, 4) is 0 Å². The van der Waals surface area contributed by atoms with Crippen LogP contribution in [0, 0.1) is 6.92 Å². The Labute approximate surface area is 119 Å². The Hall–Kier alpha value is -1.34. The normalized spacial score (nSPS) is 10.8. The van der Waals surface area contributed by atoms with E-state index in [-0.39, 0.29) is 5.75 Å². The summed E-state index contributed by atoms with van der Waals surface area (Å²) in [6, 6.07) is 0. The van der Waals surface area contributed by atoms with Gasteiger partial charge in [0, 0.05) is 6.42 Å². The molecule has 7 heteroatoms. The lowest BCUT2D eigenvalue weighted by Gasteiger charge is -2.08. The Morgan fingerprint density at radius 3 is 2.84 bits per heavy atom. The van der Waals surface area contributed by atoms with E-state index in [1.54, 1.807) is 11.3 Å². The summed E-state index contributed by atoms with van der Waals surface area (Å²) >= 11 is 2.88. The van der Waals surface area contributed by atoms with Gasteiger partial charge in [0.25, 0.3) is 0 Å². The van der Waals surface area contributed by atoms with Gasteiger partial charge in [0.2, 0.25) is 0 Å². The minimum atomic E-state index is -0.843. The zero-order valence-corrected chi connectivity index (χ0v) is 12.4. The molecule has 1 N–H and O–H groups in total. The van der Waals surface area contributed by atoms with E-state index in [9.17, 15) is 4.79 Å². The van der Waals surface area contributed by atoms with Crippen molar-refractivity contribution >= 4 is 29.1 Å². The molecule has 2 heterocycles. The van der Waals surface area contributed by atoms with Gasteiger partial charge in [-0.25, -0.2) is 0 Å². The molecule has 2 aromatic rings. The number of carboxylic acid groups (broad SMARTS) is 1. The molecule has 0 bridgehead atoms. The van der Waals surface area contributed by atoms with Crippen LogP contribution in [0.3, 0.4) is 0 Å². The third-order valence-electron chi connectivity index (χ3n) is 2.72. The fourth-order valence-electron chi connectivity index (χ4n) is 1.69. The molecule has 102 valence electrons. The Morgan fingerprint density at radius 1 is 1.47 bits per heavy atom. The maximum Gasteiger partial charge on any atom is 0.313 e. The van der Waals surface area contributed by atoms with Crippen LogP contribution in [0.25, 0.3) is 0 Å². The first kappa shape index (κ1) is 14.1. The Morgan fingerprint density at radius 2 is 2.26 bits per heavy atom. The van der Waals surface area contributed by atoms with Gasteiger partial charge in [-0.3, -0.25) is 4.79 Å². The molecule has 19 heavy (non-hydrogen) atoms. The molecule has 2 rings (SSSR count). The summed E-state index contributed by atoms with van der Waals surface area (Å²) in [4.78, 5) is 10.7. The van der Waals surface area contributed by atoms with E-state index < -0.39 is 5.97 Å². The predicted molar refractivity (Wildman–Crippen MR) is 75.9 cm³/mol. The summed E-state index contributed by atoms with van der Waals surface area (Å²) in [6.07, 6.45) is 0.782. The van der Waals surface area contributed by atoms with Gasteiger partial charge in [-0.2, -0.15) is 11.3 Å². The van der Waals surface area contributed by atoms with Crippen LogP contribution in [0.15, 0.2) is 15.9 Å². The van der Waals surface area contributed by atoms with Crippen LogP contribution in [0.1, 0.15) is 23.9 Å². The quantitative estimate of drug-likeness (QED) is 0.829. The number of aryl methyl sites for hydroxylation is 2. The SMILES string of the molecule is CCc1nnc(SCC(=O)O)n1Cc1cscc1C. The van der Waals surface area contributed by atoms with E-state index in [0.717, 1.165) is 12.2 Å². The fourth-order valence-corrected chi connectivity index (χ4v) is 3.22. The van der Waals surface area contributed by atoms with Crippen molar-refractivity contribution in [2.24, 2.45) is 0 Å². The monoisotopic (exact) mass is 297 g/mol. The van der Waals surface area contributed by atoms with Crippen molar-refractivity contribution in [1.29, 1.82) is 0 Å². The number of aromatic nitrogens is 3. The molecule has 0 atom stereocenters. The zero-order chi connectivity index (χ0) is 13.8. The van der Waals surface area contributed by atoms with Crippen LogP contribution in [0.4, 0.5) is 0 Å². The summed E-state index contributed by atoms with van der Waals surface area (Å²) < 4.78 is 2.00. The number of aliphatic carboxylic acids is 1. The Kier molecular flexibility index (Phi) is 4.60. The molecule has 0 saturated carbocycles. The number of nitrogens with zero attached hydrogens (tertiary/aromatic N) is 3. The molecule has 0 aliphatic heterocycles. The number of carbonyl (C=O) groups is 1. The molecule has 2 aromatic heterocycles. The van der Waals surface area contributed by atoms with Crippen molar-refractivity contribution in [1.82, 2.24) is 14.8 Å². The maximum absolute atomic E-state index is 10.7. The first-order chi connectivity index (χ1) is 9.11. The summed E-state index contributed by atoms with van der Waals surface area (Å²) in [7, 11) is 0. The van der Waals surface area contributed by atoms with Crippen LogP contribution in [-0.4, -0.2) is 31.6 Å². The van der Waals surface area contributed by atoms with Gasteiger partial charge in [0.15, 0.2) is 5.16 Å². The first-order valence-corrected chi connectivity index (χ1v) is 7.83. The van der Waals surface area contributed by atoms with Gasteiger partial charge in [-0.15, -0.1) is 10.2 Å². The van der Waals surface area contributed by atoms with Crippen LogP contribution in [0.5, 0.6) is 0 Å². The molecule has 0 radical (unpaired) electrons. The maximum atomic E-state index is 10.7. The van der Waals surface area contributed by atoms with Crippen LogP contribution in [0.2, 0.25) is 0 Å². The average molecular weight is 297 g/mol. The van der Waals surface area contributed by atoms with Crippen LogP contribution >= 0.6 is 23.1 Å². The summed E-state index contributed by atoms with van der Waals surface area (Å²) in [5.74, 6) is 0.0487. The highest BCUT2D eigenvalue weighted by Gasteiger charge is 2.14. The number of thioether (sulfide) groups is 1. The Bertz CT molecular complexity index is 577. The fraction of sp³-hybridized carbons (Fsp3) is 0.417. The molecular formula is C12H15N3O2S2. The van der Waals surface area contributed by atoms with E-state index in [1.165, 1.54) is 22.9 Å². The van der Waals surface area contributed by atoms with Crippen molar-refractivity contribution in [2.75, 3.05) is 5.75 Å². The molecule has 0 aromatic carbocycles. The lowest BCUT2D eigenvalue weighted by molar-refractivity contribution is -0.133. The molecule has 0 unspecified atom stereocenters. The molecule has 0 fully saturated rings. The van der Waals surface area contributed by atoms with Crippen molar-refractivity contribution < 1.29 is 9.90 Å². The Balaban J connectivity index is 2.23. The highest BCUT2D eigenvalue weighted by Crippen LogP contribution is 2.21. The number of carboxylic acids is 1. The number of thiophene rings is 1. The highest BCUT2D eigenvalue weighted by molar-refractivity contribution is 7.99. The molecular weight excluding hydrogens is 282 g/mol. The second-order valence-corrected chi connectivity index (χ2v) is 5.79. The van der Waals surface area contributed by atoms with Crippen LogP contribution < -0.4 is 0 Å². The summed E-state index contributed by atoms with van der Waals surface area (Å²) in [5, 5.41) is 21.9. The first-order valence-electron chi connectivity index (χ1n) is 5.90. The van der Waals surface area contributed by atoms with Crippen molar-refractivity contribution in [3.63, 3.8) is 0 Å². The van der Waals surface area contributed by atoms with Gasteiger partial charge >= 0.3 is 5.97 Å². The minimum Gasteiger partial charge on any atom is -0.481 e. The van der Waals surface area contributed by atoms with Gasteiger partial charge in [-0.1, -0.05) is 18.7 Å². The highest BCUT2D eigenvalue weighted by atomic mass is 32.2. The molecule has 0 saturated heterocycles. The second-order valence-electron chi connectivity index (χ2n) is 4.10. The second kappa shape index (κ2) is 6.21. The smallest absolute Gasteiger partial charge is 0.313 e. The molecule has 0 amide bonds. The number of hydrogen-bond acceptors (Lipinski definition) is 5. The molecule has 5 nitrogen and oxygen atoms in total. The number of rotatable bonds is 6. The van der Waals surface area contributed by atoms with Gasteiger partial charge in [-0.05, 0) is 28.8 Å². The predicted octanol–water partition coefficient (Wildman–Crippen LogP) is 2.44. The van der Waals surface area contributed by atoms with E-state index in [4.69, 9.17) is 5.11 Å². The molecule has 0 aliphatic rings. The zero-order valence-electron chi connectivity index (χ0n) is 10.8. The third kappa shape index (κ3) is 3.36. The lowest BCUT2D eigenvalue weighted by Crippen LogP contribution is -2.07. The lowest BCUT2D eigenvalue weighted by atomic mass is 10.2. The number of hydrogen-bond donors (Lipinski definition) is 1. The topological polar surface area (TPSA) is 68.0 Å². The van der Waals surface area contributed by atoms with Gasteiger partial charge in [0.1, 0.15) is 5.82 Å². The van der Waals surface area contributed by atoms with Crippen molar-refractivity contribution in [3.05, 3.63) is 27.7 Å². The third-order valence-corrected chi connectivity index (χ3v) is 4.59. The summed E-state index contributed by atoms with van der Waals surface area (Å²) in [6.45, 7) is 4.80. The standard InChI is InChI=1S/C12H15N3O2S2/c1-3-10-13-14-12(19-7-11(16)17)15(10)4-9-6-18-5-8(9)2/h5-6H,3-4,7H2,1-2H3,(H,16,17). The average Bonchev–Trinajstić information content (AvgIpc) is 2.95. The van der Waals surface area contributed by atoms with E-state index >= 15 is 0 Å². The summed E-state index contributed by atoms with van der Waals surface area (Å²) in [5.41, 5.74) is 2.48. The van der Waals surface area contributed by atoms with Gasteiger partial charge < -0.3 is 9.67 Å². The van der Waals surface area contributed by atoms with Crippen molar-refractivity contribution in [2.45, 2.75) is 32.0 Å². The van der Waals surface area contributed by atoms with E-state index in [1.807, 2.05) is 11.5 Å². The molecule has 0 aliphatic carbocycles. The van der Waals surface area contributed by atoms with E-state index in [2.05, 4.69) is 27.9 Å². The van der Waals surface area contributed by atoms with Crippen LogP contribution in [-0.2, 0) is 17.8 Å². The van der Waals surface area contributed by atoms with E-state index in [0.29, 0.717) is 11.7 Å². The minimum absolute atomic E-state index is 0.00443. The largest absolute Gasteiger partial charge is 0.481 e.